The Labute approximate surface area is 136 Å². The van der Waals surface area contributed by atoms with Crippen LogP contribution in [0.25, 0.3) is 0 Å². The van der Waals surface area contributed by atoms with E-state index in [0.29, 0.717) is 5.92 Å². The summed E-state index contributed by atoms with van der Waals surface area (Å²) in [5.41, 5.74) is 3.69. The molecule has 22 heavy (non-hydrogen) atoms. The molecule has 0 spiro atoms. The van der Waals surface area contributed by atoms with Crippen LogP contribution in [0.4, 0.5) is 16.4 Å². The molecule has 0 N–H and O–H groups in total. The van der Waals surface area contributed by atoms with E-state index in [1.165, 1.54) is 26.8 Å². The first-order valence-corrected chi connectivity index (χ1v) is 8.48. The number of hydrogen-bond donors (Lipinski definition) is 0. The molecule has 112 valence electrons. The van der Waals surface area contributed by atoms with Gasteiger partial charge in [0.2, 0.25) is 0 Å². The molecule has 1 aromatic heterocycles. The maximum absolute atomic E-state index is 2.34. The number of para-hydroxylation sites is 1. The largest absolute Gasteiger partial charge is 0.302 e. The monoisotopic (exact) mass is 307 g/mol. The first kappa shape index (κ1) is 14.9. The third-order valence-corrected chi connectivity index (χ3v) is 5.05. The Morgan fingerprint density at radius 2 is 1.55 bits per heavy atom. The first-order chi connectivity index (χ1) is 10.6. The summed E-state index contributed by atoms with van der Waals surface area (Å²) < 4.78 is 0. The Hall–Kier alpha value is -2.06. The van der Waals surface area contributed by atoms with E-state index >= 15 is 0 Å². The maximum Gasteiger partial charge on any atom is 0.100 e. The van der Waals surface area contributed by atoms with Gasteiger partial charge in [0.25, 0.3) is 0 Å². The second kappa shape index (κ2) is 6.37. The van der Waals surface area contributed by atoms with Crippen molar-refractivity contribution in [2.45, 2.75) is 26.7 Å². The van der Waals surface area contributed by atoms with Gasteiger partial charge in [-0.15, -0.1) is 11.3 Å². The zero-order valence-corrected chi connectivity index (χ0v) is 14.1. The number of rotatable bonds is 4. The second-order valence-electron chi connectivity index (χ2n) is 5.84. The molecule has 0 aliphatic carbocycles. The molecule has 0 radical (unpaired) electrons. The van der Waals surface area contributed by atoms with Gasteiger partial charge in [-0.05, 0) is 54.8 Å². The van der Waals surface area contributed by atoms with Crippen LogP contribution in [0.5, 0.6) is 0 Å². The molecule has 0 aliphatic rings. The summed E-state index contributed by atoms with van der Waals surface area (Å²) in [6.07, 6.45) is 0. The van der Waals surface area contributed by atoms with Crippen molar-refractivity contribution in [2.24, 2.45) is 0 Å². The topological polar surface area (TPSA) is 3.24 Å². The van der Waals surface area contributed by atoms with E-state index in [2.05, 4.69) is 92.4 Å². The molecule has 0 atom stereocenters. The van der Waals surface area contributed by atoms with E-state index in [1.54, 1.807) is 0 Å². The van der Waals surface area contributed by atoms with Gasteiger partial charge in [-0.3, -0.25) is 0 Å². The Morgan fingerprint density at radius 1 is 0.818 bits per heavy atom. The van der Waals surface area contributed by atoms with Crippen LogP contribution < -0.4 is 4.90 Å². The maximum atomic E-state index is 2.34. The van der Waals surface area contributed by atoms with Gasteiger partial charge in [-0.2, -0.15) is 0 Å². The van der Waals surface area contributed by atoms with E-state index in [-0.39, 0.29) is 0 Å². The van der Waals surface area contributed by atoms with E-state index in [4.69, 9.17) is 0 Å². The number of hydrogen-bond acceptors (Lipinski definition) is 2. The average molecular weight is 307 g/mol. The normalized spacial score (nSPS) is 10.9. The number of aryl methyl sites for hydroxylation is 1. The summed E-state index contributed by atoms with van der Waals surface area (Å²) in [7, 11) is 0. The lowest BCUT2D eigenvalue weighted by atomic mass is 10.2. The number of nitrogens with zero attached hydrogens (tertiary/aromatic N) is 1. The Balaban J connectivity index is 2.10. The van der Waals surface area contributed by atoms with Crippen LogP contribution in [-0.2, 0) is 0 Å². The molecule has 0 aliphatic heterocycles. The molecule has 1 nitrogen and oxygen atoms in total. The van der Waals surface area contributed by atoms with Crippen molar-refractivity contribution < 1.29 is 0 Å². The van der Waals surface area contributed by atoms with Gasteiger partial charge in [0.05, 0.1) is 0 Å². The van der Waals surface area contributed by atoms with Crippen LogP contribution in [0, 0.1) is 6.92 Å². The van der Waals surface area contributed by atoms with Gasteiger partial charge in [-0.25, -0.2) is 0 Å². The fourth-order valence-electron chi connectivity index (χ4n) is 2.52. The van der Waals surface area contributed by atoms with Crippen LogP contribution in [0.2, 0.25) is 0 Å². The molecule has 2 heteroatoms. The highest BCUT2D eigenvalue weighted by Crippen LogP contribution is 2.40. The molecule has 0 amide bonds. The van der Waals surface area contributed by atoms with Crippen molar-refractivity contribution in [3.8, 4) is 0 Å². The van der Waals surface area contributed by atoms with E-state index in [0.717, 1.165) is 0 Å². The highest BCUT2D eigenvalue weighted by molar-refractivity contribution is 7.16. The SMILES string of the molecule is Cc1cccc(N(c2ccccc2)c2ccc(C(C)C)s2)c1. The number of thiophene rings is 1. The third kappa shape index (κ3) is 3.07. The summed E-state index contributed by atoms with van der Waals surface area (Å²) >= 11 is 1.87. The Kier molecular flexibility index (Phi) is 4.30. The first-order valence-electron chi connectivity index (χ1n) is 7.67. The van der Waals surface area contributed by atoms with Gasteiger partial charge >= 0.3 is 0 Å². The minimum atomic E-state index is 0.564. The average Bonchev–Trinajstić information content (AvgIpc) is 2.98. The number of benzene rings is 2. The van der Waals surface area contributed by atoms with Gasteiger partial charge in [0.15, 0.2) is 0 Å². The number of anilines is 3. The summed E-state index contributed by atoms with van der Waals surface area (Å²) in [5.74, 6) is 0.564. The fraction of sp³-hybridized carbons (Fsp3) is 0.200. The van der Waals surface area contributed by atoms with E-state index in [1.807, 2.05) is 11.3 Å². The predicted molar refractivity (Wildman–Crippen MR) is 97.8 cm³/mol. The molecule has 2 aromatic carbocycles. The molecule has 0 fully saturated rings. The van der Waals surface area contributed by atoms with E-state index in [9.17, 15) is 0 Å². The molecule has 3 rings (SSSR count). The molecule has 3 aromatic rings. The minimum absolute atomic E-state index is 0.564. The van der Waals surface area contributed by atoms with Gasteiger partial charge in [-0.1, -0.05) is 44.2 Å². The molecular weight excluding hydrogens is 286 g/mol. The Bertz CT molecular complexity index is 743. The van der Waals surface area contributed by atoms with Crippen molar-refractivity contribution >= 4 is 27.7 Å². The summed E-state index contributed by atoms with van der Waals surface area (Å²) in [6.45, 7) is 6.63. The van der Waals surface area contributed by atoms with Crippen molar-refractivity contribution in [3.63, 3.8) is 0 Å². The lowest BCUT2D eigenvalue weighted by molar-refractivity contribution is 0.890. The third-order valence-electron chi connectivity index (χ3n) is 3.68. The summed E-state index contributed by atoms with van der Waals surface area (Å²) in [6, 6.07) is 23.7. The molecule has 1 heterocycles. The van der Waals surface area contributed by atoms with Crippen molar-refractivity contribution in [1.29, 1.82) is 0 Å². The smallest absolute Gasteiger partial charge is 0.100 e. The quantitative estimate of drug-likeness (QED) is 0.521. The lowest BCUT2D eigenvalue weighted by Gasteiger charge is -2.24. The van der Waals surface area contributed by atoms with E-state index < -0.39 is 0 Å². The molecule has 0 bridgehead atoms. The highest BCUT2D eigenvalue weighted by Gasteiger charge is 2.15. The molecule has 0 saturated carbocycles. The minimum Gasteiger partial charge on any atom is -0.302 e. The standard InChI is InChI=1S/C20H21NS/c1-15(2)19-12-13-20(22-19)21(17-9-5-4-6-10-17)18-11-7-8-16(3)14-18/h4-15H,1-3H3. The van der Waals surface area contributed by atoms with Gasteiger partial charge in [0.1, 0.15) is 5.00 Å². The van der Waals surface area contributed by atoms with Crippen LogP contribution in [0.1, 0.15) is 30.2 Å². The zero-order chi connectivity index (χ0) is 15.5. The van der Waals surface area contributed by atoms with Crippen LogP contribution in [0.3, 0.4) is 0 Å². The second-order valence-corrected chi connectivity index (χ2v) is 6.93. The van der Waals surface area contributed by atoms with Gasteiger partial charge < -0.3 is 4.90 Å². The zero-order valence-electron chi connectivity index (χ0n) is 13.3. The van der Waals surface area contributed by atoms with Gasteiger partial charge in [0, 0.05) is 16.3 Å². The van der Waals surface area contributed by atoms with Crippen LogP contribution in [-0.4, -0.2) is 0 Å². The molecular formula is C20H21NS. The van der Waals surface area contributed by atoms with Crippen molar-refractivity contribution in [1.82, 2.24) is 0 Å². The van der Waals surface area contributed by atoms with Crippen molar-refractivity contribution in [2.75, 3.05) is 4.90 Å². The molecule has 0 saturated heterocycles. The Morgan fingerprint density at radius 3 is 2.18 bits per heavy atom. The lowest BCUT2D eigenvalue weighted by Crippen LogP contribution is -2.08. The van der Waals surface area contributed by atoms with Crippen molar-refractivity contribution in [3.05, 3.63) is 77.2 Å². The summed E-state index contributed by atoms with van der Waals surface area (Å²) in [4.78, 5) is 3.76. The highest BCUT2D eigenvalue weighted by atomic mass is 32.1. The fourth-order valence-corrected chi connectivity index (χ4v) is 3.57. The van der Waals surface area contributed by atoms with Crippen LogP contribution in [0.15, 0.2) is 66.7 Å². The predicted octanol–water partition coefficient (Wildman–Crippen LogP) is 6.65. The van der Waals surface area contributed by atoms with Crippen LogP contribution >= 0.6 is 11.3 Å². The molecule has 0 unspecified atom stereocenters. The summed E-state index contributed by atoms with van der Waals surface area (Å²) in [5, 5.41) is 1.26.